The zero-order valence-electron chi connectivity index (χ0n) is 14.7. The highest BCUT2D eigenvalue weighted by Crippen LogP contribution is 2.35. The predicted octanol–water partition coefficient (Wildman–Crippen LogP) is 7.25. The summed E-state index contributed by atoms with van der Waals surface area (Å²) in [5, 5.41) is 0.457. The van der Waals surface area contributed by atoms with Gasteiger partial charge >= 0.3 is 0 Å². The molecule has 2 aromatic carbocycles. The highest BCUT2D eigenvalue weighted by molar-refractivity contribution is 9.10. The molecule has 1 aromatic heterocycles. The zero-order chi connectivity index (χ0) is 20.5. The molecule has 1 saturated heterocycles. The van der Waals surface area contributed by atoms with Gasteiger partial charge in [-0.05, 0) is 53.7 Å². The highest BCUT2D eigenvalue weighted by atomic mass is 79.9. The van der Waals surface area contributed by atoms with Crippen molar-refractivity contribution in [2.45, 2.75) is 6.54 Å². The minimum Gasteiger partial charge on any atom is -0.457 e. The average Bonchev–Trinajstić information content (AvgIpc) is 3.26. The van der Waals surface area contributed by atoms with Crippen LogP contribution in [0.4, 0.5) is 4.79 Å². The molecule has 0 spiro atoms. The molecule has 0 bridgehead atoms. The molecular weight excluding hydrogens is 497 g/mol. The predicted molar refractivity (Wildman–Crippen MR) is 120 cm³/mol. The van der Waals surface area contributed by atoms with Gasteiger partial charge in [-0.15, -0.1) is 0 Å². The number of benzene rings is 2. The van der Waals surface area contributed by atoms with E-state index in [0.717, 1.165) is 27.4 Å². The number of hydrogen-bond acceptors (Lipinski definition) is 4. The first kappa shape index (κ1) is 20.3. The van der Waals surface area contributed by atoms with Gasteiger partial charge in [0.05, 0.1) is 21.5 Å². The minimum atomic E-state index is -0.368. The highest BCUT2D eigenvalue weighted by Gasteiger charge is 2.35. The molecule has 29 heavy (non-hydrogen) atoms. The molecule has 1 aliphatic rings. The summed E-state index contributed by atoms with van der Waals surface area (Å²) in [4.78, 5) is 26.5. The molecule has 2 amide bonds. The Bertz CT molecular complexity index is 1140. The third kappa shape index (κ3) is 4.46. The summed E-state index contributed by atoms with van der Waals surface area (Å²) in [6.45, 7) is 0.126. The SMILES string of the molecule is O=C1S/C(=C/c2ccc(-c3ccc(Br)cc3)o2)C(=O)N1Cc1ccc(Cl)c(Cl)c1. The summed E-state index contributed by atoms with van der Waals surface area (Å²) in [5.41, 5.74) is 1.64. The van der Waals surface area contributed by atoms with Gasteiger partial charge in [0.2, 0.25) is 0 Å². The van der Waals surface area contributed by atoms with Crippen molar-refractivity contribution in [1.82, 2.24) is 4.90 Å². The van der Waals surface area contributed by atoms with E-state index in [1.165, 1.54) is 4.90 Å². The first-order chi connectivity index (χ1) is 13.9. The molecule has 4 rings (SSSR count). The number of nitrogens with zero attached hydrogens (tertiary/aromatic N) is 1. The van der Waals surface area contributed by atoms with Crippen molar-refractivity contribution in [2.24, 2.45) is 0 Å². The lowest BCUT2D eigenvalue weighted by molar-refractivity contribution is -0.123. The van der Waals surface area contributed by atoms with Crippen LogP contribution >= 0.6 is 50.9 Å². The molecule has 8 heteroatoms. The Labute approximate surface area is 189 Å². The van der Waals surface area contributed by atoms with E-state index in [1.54, 1.807) is 30.3 Å². The number of imide groups is 1. The van der Waals surface area contributed by atoms with Crippen molar-refractivity contribution in [3.8, 4) is 11.3 Å². The minimum absolute atomic E-state index is 0.126. The molecule has 0 atom stereocenters. The lowest BCUT2D eigenvalue weighted by atomic mass is 10.2. The number of carbonyl (C=O) groups excluding carboxylic acids is 2. The number of furan rings is 1. The van der Waals surface area contributed by atoms with Crippen LogP contribution in [0, 0.1) is 0 Å². The van der Waals surface area contributed by atoms with Crippen LogP contribution in [0.25, 0.3) is 17.4 Å². The largest absolute Gasteiger partial charge is 0.457 e. The van der Waals surface area contributed by atoms with Gasteiger partial charge in [-0.2, -0.15) is 0 Å². The van der Waals surface area contributed by atoms with Gasteiger partial charge < -0.3 is 4.42 Å². The standard InChI is InChI=1S/C21H12BrCl2NO3S/c22-14-4-2-13(3-5-14)18-8-6-15(28-18)10-19-20(26)25(21(27)29-19)11-12-1-7-16(23)17(24)9-12/h1-10H,11H2/b19-10+. The van der Waals surface area contributed by atoms with Crippen molar-refractivity contribution in [1.29, 1.82) is 0 Å². The molecule has 146 valence electrons. The van der Waals surface area contributed by atoms with Crippen LogP contribution in [-0.4, -0.2) is 16.0 Å². The number of rotatable bonds is 4. The Kier molecular flexibility index (Phi) is 5.88. The van der Waals surface area contributed by atoms with E-state index in [1.807, 2.05) is 30.3 Å². The van der Waals surface area contributed by atoms with E-state index >= 15 is 0 Å². The number of amides is 2. The lowest BCUT2D eigenvalue weighted by Gasteiger charge is -2.12. The third-order valence-electron chi connectivity index (χ3n) is 4.23. The number of hydrogen-bond donors (Lipinski definition) is 0. The fraction of sp³-hybridized carbons (Fsp3) is 0.0476. The van der Waals surface area contributed by atoms with Gasteiger partial charge in [0.1, 0.15) is 11.5 Å². The Morgan fingerprint density at radius 1 is 1.00 bits per heavy atom. The van der Waals surface area contributed by atoms with Gasteiger partial charge in [0, 0.05) is 16.1 Å². The van der Waals surface area contributed by atoms with Crippen LogP contribution in [0.15, 0.2) is 68.4 Å². The van der Waals surface area contributed by atoms with Crippen molar-refractivity contribution in [3.63, 3.8) is 0 Å². The van der Waals surface area contributed by atoms with Crippen molar-refractivity contribution < 1.29 is 14.0 Å². The Hall–Kier alpha value is -1.99. The summed E-state index contributed by atoms with van der Waals surface area (Å²) < 4.78 is 6.79. The van der Waals surface area contributed by atoms with Gasteiger partial charge in [-0.25, -0.2) is 0 Å². The van der Waals surface area contributed by atoms with E-state index in [4.69, 9.17) is 27.6 Å². The Morgan fingerprint density at radius 3 is 2.48 bits per heavy atom. The normalized spacial score (nSPS) is 15.6. The average molecular weight is 509 g/mol. The third-order valence-corrected chi connectivity index (χ3v) is 6.40. The van der Waals surface area contributed by atoms with Crippen molar-refractivity contribution in [3.05, 3.63) is 85.3 Å². The van der Waals surface area contributed by atoms with Crippen molar-refractivity contribution in [2.75, 3.05) is 0 Å². The Balaban J connectivity index is 1.53. The van der Waals surface area contributed by atoms with Crippen LogP contribution < -0.4 is 0 Å². The molecule has 0 N–H and O–H groups in total. The first-order valence-corrected chi connectivity index (χ1v) is 10.8. The molecule has 0 aliphatic carbocycles. The second kappa shape index (κ2) is 8.40. The summed E-state index contributed by atoms with van der Waals surface area (Å²) in [6, 6.07) is 16.3. The quantitative estimate of drug-likeness (QED) is 0.348. The zero-order valence-corrected chi connectivity index (χ0v) is 18.6. The molecule has 1 fully saturated rings. The van der Waals surface area contributed by atoms with Gasteiger partial charge in [0.25, 0.3) is 11.1 Å². The van der Waals surface area contributed by atoms with Crippen LogP contribution in [-0.2, 0) is 11.3 Å². The van der Waals surface area contributed by atoms with E-state index in [9.17, 15) is 9.59 Å². The number of thioether (sulfide) groups is 1. The first-order valence-electron chi connectivity index (χ1n) is 8.46. The fourth-order valence-electron chi connectivity index (χ4n) is 2.79. The molecule has 4 nitrogen and oxygen atoms in total. The summed E-state index contributed by atoms with van der Waals surface area (Å²) in [6.07, 6.45) is 1.59. The van der Waals surface area contributed by atoms with Gasteiger partial charge in [0.15, 0.2) is 0 Å². The van der Waals surface area contributed by atoms with Gasteiger partial charge in [-0.3, -0.25) is 14.5 Å². The Morgan fingerprint density at radius 2 is 1.76 bits per heavy atom. The molecule has 0 saturated carbocycles. The van der Waals surface area contributed by atoms with Crippen LogP contribution in [0.3, 0.4) is 0 Å². The molecule has 1 aliphatic heterocycles. The van der Waals surface area contributed by atoms with Crippen LogP contribution in [0.2, 0.25) is 10.0 Å². The topological polar surface area (TPSA) is 50.5 Å². The molecular formula is C21H12BrCl2NO3S. The number of halogens is 3. The molecule has 0 radical (unpaired) electrons. The maximum atomic E-state index is 12.7. The lowest BCUT2D eigenvalue weighted by Crippen LogP contribution is -2.27. The van der Waals surface area contributed by atoms with E-state index < -0.39 is 0 Å². The smallest absolute Gasteiger partial charge is 0.293 e. The van der Waals surface area contributed by atoms with E-state index in [2.05, 4.69) is 15.9 Å². The fourth-order valence-corrected chi connectivity index (χ4v) is 4.19. The summed E-state index contributed by atoms with van der Waals surface area (Å²) in [7, 11) is 0. The maximum absolute atomic E-state index is 12.7. The van der Waals surface area contributed by atoms with Gasteiger partial charge in [-0.1, -0.05) is 57.3 Å². The molecule has 0 unspecified atom stereocenters. The molecule has 3 aromatic rings. The number of carbonyl (C=O) groups is 2. The monoisotopic (exact) mass is 507 g/mol. The van der Waals surface area contributed by atoms with Crippen molar-refractivity contribution >= 4 is 68.1 Å². The van der Waals surface area contributed by atoms with Crippen LogP contribution in [0.1, 0.15) is 11.3 Å². The summed E-state index contributed by atoms with van der Waals surface area (Å²) in [5.74, 6) is 0.814. The molecule has 2 heterocycles. The van der Waals surface area contributed by atoms with E-state index in [-0.39, 0.29) is 17.7 Å². The van der Waals surface area contributed by atoms with Crippen LogP contribution in [0.5, 0.6) is 0 Å². The second-order valence-corrected chi connectivity index (χ2v) is 8.95. The van der Waals surface area contributed by atoms with E-state index in [0.29, 0.717) is 26.5 Å². The maximum Gasteiger partial charge on any atom is 0.293 e. The summed E-state index contributed by atoms with van der Waals surface area (Å²) >= 11 is 16.2. The second-order valence-electron chi connectivity index (χ2n) is 6.23.